The van der Waals surface area contributed by atoms with Crippen molar-refractivity contribution < 1.29 is 9.18 Å². The molecule has 0 aliphatic carbocycles. The normalized spacial score (nSPS) is 14.3. The van der Waals surface area contributed by atoms with E-state index in [-0.39, 0.29) is 12.0 Å². The van der Waals surface area contributed by atoms with E-state index in [9.17, 15) is 9.18 Å². The van der Waals surface area contributed by atoms with Crippen molar-refractivity contribution in [1.82, 2.24) is 0 Å². The first-order valence-electron chi connectivity index (χ1n) is 4.23. The van der Waals surface area contributed by atoms with Gasteiger partial charge in [0.25, 0.3) is 0 Å². The number of carbonyl (C=O) groups excluding carboxylic acids is 1. The van der Waals surface area contributed by atoms with Crippen LogP contribution in [0.2, 0.25) is 0 Å². The second kappa shape index (κ2) is 5.15. The molecule has 1 atom stereocenters. The molecule has 0 aromatic carbocycles. The van der Waals surface area contributed by atoms with Crippen LogP contribution in [-0.2, 0) is 4.79 Å². The molecular formula is C10H15ClFNO. The summed E-state index contributed by atoms with van der Waals surface area (Å²) in [6.45, 7) is 6.58. The molecule has 0 aliphatic rings. The summed E-state index contributed by atoms with van der Waals surface area (Å²) in [6.07, 6.45) is 1.88. The van der Waals surface area contributed by atoms with Crippen LogP contribution in [-0.4, -0.2) is 17.0 Å². The highest BCUT2D eigenvalue weighted by atomic mass is 35.5. The number of alkyl halides is 2. The molecule has 0 aliphatic heterocycles. The predicted octanol–water partition coefficient (Wildman–Crippen LogP) is 2.33. The average molecular weight is 220 g/mol. The van der Waals surface area contributed by atoms with Crippen LogP contribution in [0.15, 0.2) is 24.3 Å². The van der Waals surface area contributed by atoms with Gasteiger partial charge in [0.15, 0.2) is 0 Å². The Hall–Kier alpha value is -0.830. The molecule has 2 N–H and O–H groups in total. The maximum Gasteiger partial charge on any atom is 0.248 e. The molecule has 0 rings (SSSR count). The fraction of sp³-hybridized carbons (Fsp3) is 0.500. The lowest BCUT2D eigenvalue weighted by molar-refractivity contribution is -0.114. The number of rotatable bonds is 5. The summed E-state index contributed by atoms with van der Waals surface area (Å²) in [7, 11) is 0. The van der Waals surface area contributed by atoms with Crippen molar-refractivity contribution in [1.29, 1.82) is 0 Å². The Bertz CT molecular complexity index is 255. The fourth-order valence-corrected chi connectivity index (χ4v) is 0.781. The maximum absolute atomic E-state index is 13.2. The third kappa shape index (κ3) is 5.02. The van der Waals surface area contributed by atoms with Crippen LogP contribution in [0, 0.1) is 0 Å². The molecule has 1 amide bonds. The molecule has 80 valence electrons. The summed E-state index contributed by atoms with van der Waals surface area (Å²) in [5.74, 6) is -0.609. The Morgan fingerprint density at radius 2 is 2.21 bits per heavy atom. The first-order chi connectivity index (χ1) is 6.25. The minimum Gasteiger partial charge on any atom is -0.366 e. The van der Waals surface area contributed by atoms with Crippen molar-refractivity contribution in [3.05, 3.63) is 24.3 Å². The van der Waals surface area contributed by atoms with Gasteiger partial charge in [-0.15, -0.1) is 11.6 Å². The van der Waals surface area contributed by atoms with Gasteiger partial charge in [0, 0.05) is 5.57 Å². The Kier molecular flexibility index (Phi) is 4.85. The van der Waals surface area contributed by atoms with E-state index in [0.717, 1.165) is 0 Å². The first kappa shape index (κ1) is 13.2. The molecule has 0 saturated carbocycles. The maximum atomic E-state index is 13.2. The predicted molar refractivity (Wildman–Crippen MR) is 56.9 cm³/mol. The third-order valence-electron chi connectivity index (χ3n) is 1.72. The Morgan fingerprint density at radius 1 is 1.71 bits per heavy atom. The molecule has 0 radical (unpaired) electrons. The second-order valence-electron chi connectivity index (χ2n) is 3.56. The Morgan fingerprint density at radius 3 is 2.57 bits per heavy atom. The number of amides is 1. The van der Waals surface area contributed by atoms with Gasteiger partial charge in [-0.05, 0) is 20.3 Å². The molecule has 0 heterocycles. The lowest BCUT2D eigenvalue weighted by Crippen LogP contribution is -2.25. The number of carbonyl (C=O) groups is 1. The Balaban J connectivity index is 4.07. The smallest absolute Gasteiger partial charge is 0.248 e. The van der Waals surface area contributed by atoms with Crippen molar-refractivity contribution in [2.24, 2.45) is 5.73 Å². The molecule has 4 heteroatoms. The molecule has 0 aromatic rings. The number of nitrogens with two attached hydrogens (primary N) is 1. The molecule has 0 spiro atoms. The highest BCUT2D eigenvalue weighted by molar-refractivity contribution is 6.23. The van der Waals surface area contributed by atoms with E-state index >= 15 is 0 Å². The average Bonchev–Trinajstić information content (AvgIpc) is 2.01. The van der Waals surface area contributed by atoms with Gasteiger partial charge in [0.1, 0.15) is 6.17 Å². The standard InChI is InChI=1S/C10H15ClFNO/c1-7(9(13)14)5-4-6-8(12)10(2,3)11/h4-5,8H,1,6H2,2-3H3,(H2,13,14)/b5-4-/t8-/m1/s1. The highest BCUT2D eigenvalue weighted by Crippen LogP contribution is 2.23. The van der Waals surface area contributed by atoms with Crippen LogP contribution >= 0.6 is 11.6 Å². The van der Waals surface area contributed by atoms with Gasteiger partial charge in [-0.3, -0.25) is 4.79 Å². The van der Waals surface area contributed by atoms with E-state index in [1.54, 1.807) is 13.8 Å². The topological polar surface area (TPSA) is 43.1 Å². The molecule has 0 unspecified atom stereocenters. The van der Waals surface area contributed by atoms with Crippen molar-refractivity contribution in [3.63, 3.8) is 0 Å². The van der Waals surface area contributed by atoms with Crippen molar-refractivity contribution in [2.75, 3.05) is 0 Å². The number of allylic oxidation sites excluding steroid dienone is 1. The lowest BCUT2D eigenvalue weighted by Gasteiger charge is -2.19. The second-order valence-corrected chi connectivity index (χ2v) is 4.53. The lowest BCUT2D eigenvalue weighted by atomic mass is 10.0. The molecule has 0 saturated heterocycles. The summed E-state index contributed by atoms with van der Waals surface area (Å²) in [5.41, 5.74) is 5.09. The summed E-state index contributed by atoms with van der Waals surface area (Å²) in [4.78, 5) is 9.62. The largest absolute Gasteiger partial charge is 0.366 e. The van der Waals surface area contributed by atoms with Crippen LogP contribution in [0.3, 0.4) is 0 Å². The van der Waals surface area contributed by atoms with E-state index in [0.29, 0.717) is 0 Å². The molecule has 0 aromatic heterocycles. The molecule has 0 bridgehead atoms. The van der Waals surface area contributed by atoms with Gasteiger partial charge in [-0.1, -0.05) is 18.7 Å². The summed E-state index contributed by atoms with van der Waals surface area (Å²) in [5, 5.41) is 0. The van der Waals surface area contributed by atoms with E-state index in [1.807, 2.05) is 0 Å². The molecule has 2 nitrogen and oxygen atoms in total. The molecular weight excluding hydrogens is 205 g/mol. The number of halogens is 2. The van der Waals surface area contributed by atoms with E-state index in [4.69, 9.17) is 17.3 Å². The van der Waals surface area contributed by atoms with Gasteiger partial charge in [-0.25, -0.2) is 4.39 Å². The number of primary amides is 1. The quantitative estimate of drug-likeness (QED) is 0.431. The highest BCUT2D eigenvalue weighted by Gasteiger charge is 2.25. The monoisotopic (exact) mass is 219 g/mol. The van der Waals surface area contributed by atoms with Crippen LogP contribution in [0.1, 0.15) is 20.3 Å². The van der Waals surface area contributed by atoms with Crippen LogP contribution in [0.5, 0.6) is 0 Å². The zero-order chi connectivity index (χ0) is 11.4. The third-order valence-corrected chi connectivity index (χ3v) is 1.96. The van der Waals surface area contributed by atoms with Crippen molar-refractivity contribution in [2.45, 2.75) is 31.3 Å². The fourth-order valence-electron chi connectivity index (χ4n) is 0.692. The number of hydrogen-bond donors (Lipinski definition) is 1. The minimum atomic E-state index is -1.17. The summed E-state index contributed by atoms with van der Waals surface area (Å²) in [6, 6.07) is 0. The van der Waals surface area contributed by atoms with Gasteiger partial charge in [-0.2, -0.15) is 0 Å². The van der Waals surface area contributed by atoms with Gasteiger partial charge in [0.05, 0.1) is 4.87 Å². The van der Waals surface area contributed by atoms with E-state index in [1.165, 1.54) is 12.2 Å². The van der Waals surface area contributed by atoms with Crippen LogP contribution in [0.4, 0.5) is 4.39 Å². The first-order valence-corrected chi connectivity index (χ1v) is 4.61. The van der Waals surface area contributed by atoms with Crippen molar-refractivity contribution in [3.8, 4) is 0 Å². The van der Waals surface area contributed by atoms with Gasteiger partial charge < -0.3 is 5.73 Å². The Labute approximate surface area is 88.6 Å². The molecule has 0 fully saturated rings. The van der Waals surface area contributed by atoms with Gasteiger partial charge in [0.2, 0.25) is 5.91 Å². The van der Waals surface area contributed by atoms with E-state index in [2.05, 4.69) is 6.58 Å². The van der Waals surface area contributed by atoms with Crippen LogP contribution < -0.4 is 5.73 Å². The van der Waals surface area contributed by atoms with E-state index < -0.39 is 17.0 Å². The number of hydrogen-bond acceptors (Lipinski definition) is 1. The summed E-state index contributed by atoms with van der Waals surface area (Å²) < 4.78 is 13.2. The summed E-state index contributed by atoms with van der Waals surface area (Å²) >= 11 is 5.74. The molecule has 14 heavy (non-hydrogen) atoms. The zero-order valence-corrected chi connectivity index (χ0v) is 9.14. The SMILES string of the molecule is C=C(/C=C\C[C@@H](F)C(C)(C)Cl)C(N)=O. The zero-order valence-electron chi connectivity index (χ0n) is 8.39. The minimum absolute atomic E-state index is 0.142. The van der Waals surface area contributed by atoms with Crippen LogP contribution in [0.25, 0.3) is 0 Å². The van der Waals surface area contributed by atoms with Crippen molar-refractivity contribution >= 4 is 17.5 Å². The van der Waals surface area contributed by atoms with Gasteiger partial charge >= 0.3 is 0 Å².